The molecule has 0 aliphatic carbocycles. The SMILES string of the molecule is O=C(Nc1ccc(Cl)nc1C1CCN(CC=Cc2ccc(Cl)cc2)CC1)c1ccnc(Cl)c1. The molecule has 0 saturated carbocycles. The van der Waals surface area contributed by atoms with Crippen LogP contribution in [0.15, 0.2) is 60.8 Å². The van der Waals surface area contributed by atoms with Gasteiger partial charge in [-0.25, -0.2) is 9.97 Å². The Morgan fingerprint density at radius 1 is 1.03 bits per heavy atom. The lowest BCUT2D eigenvalue weighted by Gasteiger charge is -2.31. The Bertz CT molecular complexity index is 1140. The van der Waals surface area contributed by atoms with E-state index < -0.39 is 0 Å². The first-order valence-electron chi connectivity index (χ1n) is 10.7. The standard InChI is InChI=1S/C25H23Cl3N4O/c26-20-5-3-17(4-6-20)2-1-13-32-14-10-18(11-15-32)24-21(7-8-22(27)31-24)30-25(33)19-9-12-29-23(28)16-19/h1-9,12,16,18H,10-11,13-15H2,(H,30,33). The van der Waals surface area contributed by atoms with Crippen LogP contribution in [0.25, 0.3) is 6.08 Å². The number of likely N-dealkylation sites (tertiary alicyclic amines) is 1. The minimum atomic E-state index is -0.255. The van der Waals surface area contributed by atoms with Crippen LogP contribution in [0.1, 0.15) is 40.4 Å². The van der Waals surface area contributed by atoms with E-state index in [0.717, 1.165) is 48.8 Å². The first kappa shape index (κ1) is 23.7. The monoisotopic (exact) mass is 500 g/mol. The van der Waals surface area contributed by atoms with Crippen molar-refractivity contribution in [2.24, 2.45) is 0 Å². The molecule has 1 aliphatic heterocycles. The molecule has 1 amide bonds. The Labute approximate surface area is 208 Å². The Morgan fingerprint density at radius 2 is 1.79 bits per heavy atom. The van der Waals surface area contributed by atoms with E-state index in [1.54, 1.807) is 12.1 Å². The van der Waals surface area contributed by atoms with Crippen LogP contribution in [-0.2, 0) is 0 Å². The minimum absolute atomic E-state index is 0.219. The number of nitrogens with one attached hydrogen (secondary N) is 1. The van der Waals surface area contributed by atoms with Crippen molar-refractivity contribution in [3.05, 3.63) is 93.0 Å². The Kier molecular flexibility index (Phi) is 7.99. The average molecular weight is 502 g/mol. The fraction of sp³-hybridized carbons (Fsp3) is 0.240. The van der Waals surface area contributed by atoms with Gasteiger partial charge in [0.25, 0.3) is 5.91 Å². The summed E-state index contributed by atoms with van der Waals surface area (Å²) in [5, 5.41) is 4.40. The summed E-state index contributed by atoms with van der Waals surface area (Å²) in [7, 11) is 0. The Balaban J connectivity index is 1.38. The van der Waals surface area contributed by atoms with Gasteiger partial charge in [0.2, 0.25) is 0 Å². The van der Waals surface area contributed by atoms with Gasteiger partial charge < -0.3 is 5.32 Å². The number of halogens is 3. The van der Waals surface area contributed by atoms with Crippen LogP contribution < -0.4 is 5.32 Å². The zero-order valence-electron chi connectivity index (χ0n) is 17.8. The molecule has 4 rings (SSSR count). The normalized spacial score (nSPS) is 15.1. The van der Waals surface area contributed by atoms with Crippen molar-refractivity contribution in [2.75, 3.05) is 25.0 Å². The highest BCUT2D eigenvalue weighted by atomic mass is 35.5. The summed E-state index contributed by atoms with van der Waals surface area (Å²) in [5.41, 5.74) is 3.08. The smallest absolute Gasteiger partial charge is 0.255 e. The molecule has 33 heavy (non-hydrogen) atoms. The third-order valence-electron chi connectivity index (χ3n) is 5.65. The number of hydrogen-bond acceptors (Lipinski definition) is 4. The van der Waals surface area contributed by atoms with Gasteiger partial charge in [-0.3, -0.25) is 9.69 Å². The zero-order chi connectivity index (χ0) is 23.2. The Hall–Kier alpha value is -2.44. The van der Waals surface area contributed by atoms with Crippen molar-refractivity contribution in [1.82, 2.24) is 14.9 Å². The Morgan fingerprint density at radius 3 is 2.52 bits per heavy atom. The van der Waals surface area contributed by atoms with Crippen LogP contribution in [-0.4, -0.2) is 40.4 Å². The fourth-order valence-corrected chi connectivity index (χ4v) is 4.36. The summed E-state index contributed by atoms with van der Waals surface area (Å²) in [6, 6.07) is 14.5. The second-order valence-corrected chi connectivity index (χ2v) is 9.13. The topological polar surface area (TPSA) is 58.1 Å². The van der Waals surface area contributed by atoms with E-state index >= 15 is 0 Å². The van der Waals surface area contributed by atoms with Gasteiger partial charge in [-0.15, -0.1) is 0 Å². The molecule has 3 aromatic rings. The largest absolute Gasteiger partial charge is 0.320 e. The highest BCUT2D eigenvalue weighted by Crippen LogP contribution is 2.33. The minimum Gasteiger partial charge on any atom is -0.320 e. The number of pyridine rings is 2. The van der Waals surface area contributed by atoms with Gasteiger partial charge in [0.15, 0.2) is 0 Å². The van der Waals surface area contributed by atoms with Crippen LogP contribution >= 0.6 is 34.8 Å². The maximum absolute atomic E-state index is 12.7. The number of rotatable bonds is 6. The number of amides is 1. The number of carbonyl (C=O) groups excluding carboxylic acids is 1. The molecule has 0 bridgehead atoms. The third kappa shape index (κ3) is 6.55. The van der Waals surface area contributed by atoms with Crippen LogP contribution in [0, 0.1) is 0 Å². The highest BCUT2D eigenvalue weighted by molar-refractivity contribution is 6.30. The number of anilines is 1. The zero-order valence-corrected chi connectivity index (χ0v) is 20.1. The molecule has 1 fully saturated rings. The second-order valence-electron chi connectivity index (χ2n) is 7.92. The van der Waals surface area contributed by atoms with E-state index in [9.17, 15) is 4.79 Å². The lowest BCUT2D eigenvalue weighted by molar-refractivity contribution is 0.102. The summed E-state index contributed by atoms with van der Waals surface area (Å²) in [4.78, 5) is 23.6. The number of aromatic nitrogens is 2. The van der Waals surface area contributed by atoms with Crippen molar-refractivity contribution < 1.29 is 4.79 Å². The summed E-state index contributed by atoms with van der Waals surface area (Å²) < 4.78 is 0. The number of nitrogens with zero attached hydrogens (tertiary/aromatic N) is 3. The average Bonchev–Trinajstić information content (AvgIpc) is 2.82. The molecule has 3 heterocycles. The van der Waals surface area contributed by atoms with Gasteiger partial charge in [-0.1, -0.05) is 59.1 Å². The van der Waals surface area contributed by atoms with Crippen LogP contribution in [0.3, 0.4) is 0 Å². The molecule has 0 radical (unpaired) electrons. The predicted molar refractivity (Wildman–Crippen MR) is 135 cm³/mol. The lowest BCUT2D eigenvalue weighted by Crippen LogP contribution is -2.33. The van der Waals surface area contributed by atoms with Crippen LogP contribution in [0.2, 0.25) is 15.3 Å². The van der Waals surface area contributed by atoms with E-state index in [-0.39, 0.29) is 17.0 Å². The first-order valence-corrected chi connectivity index (χ1v) is 11.8. The molecule has 1 aromatic carbocycles. The van der Waals surface area contributed by atoms with Gasteiger partial charge in [0, 0.05) is 29.2 Å². The molecule has 170 valence electrons. The van der Waals surface area contributed by atoms with Crippen molar-refractivity contribution in [2.45, 2.75) is 18.8 Å². The van der Waals surface area contributed by atoms with Gasteiger partial charge in [-0.2, -0.15) is 0 Å². The molecule has 1 aliphatic rings. The third-order valence-corrected chi connectivity index (χ3v) is 6.32. The molecule has 0 atom stereocenters. The molecular formula is C25H23Cl3N4O. The number of piperidine rings is 1. The molecule has 2 aromatic heterocycles. The van der Waals surface area contributed by atoms with E-state index in [2.05, 4.69) is 32.3 Å². The van der Waals surface area contributed by atoms with Crippen LogP contribution in [0.5, 0.6) is 0 Å². The maximum Gasteiger partial charge on any atom is 0.255 e. The quantitative estimate of drug-likeness (QED) is 0.388. The van der Waals surface area contributed by atoms with Gasteiger partial charge in [-0.05, 0) is 67.9 Å². The van der Waals surface area contributed by atoms with Crippen LogP contribution in [0.4, 0.5) is 5.69 Å². The predicted octanol–water partition coefficient (Wildman–Crippen LogP) is 6.58. The van der Waals surface area contributed by atoms with Gasteiger partial charge in [0.1, 0.15) is 10.3 Å². The number of benzene rings is 1. The number of hydrogen-bond donors (Lipinski definition) is 1. The first-order chi connectivity index (χ1) is 16.0. The summed E-state index contributed by atoms with van der Waals surface area (Å²) >= 11 is 18.1. The molecule has 8 heteroatoms. The van der Waals surface area contributed by atoms with Crippen molar-refractivity contribution in [3.63, 3.8) is 0 Å². The summed E-state index contributed by atoms with van der Waals surface area (Å²) in [5.74, 6) is -0.0361. The lowest BCUT2D eigenvalue weighted by atomic mass is 9.92. The molecule has 1 N–H and O–H groups in total. The van der Waals surface area contributed by atoms with E-state index in [1.807, 2.05) is 30.3 Å². The van der Waals surface area contributed by atoms with E-state index in [0.29, 0.717) is 16.4 Å². The second kappa shape index (κ2) is 11.1. The van der Waals surface area contributed by atoms with Gasteiger partial charge >= 0.3 is 0 Å². The molecule has 0 spiro atoms. The molecular weight excluding hydrogens is 479 g/mol. The maximum atomic E-state index is 12.7. The van der Waals surface area contributed by atoms with Crippen molar-refractivity contribution in [1.29, 1.82) is 0 Å². The summed E-state index contributed by atoms with van der Waals surface area (Å²) in [6.07, 6.45) is 7.67. The fourth-order valence-electron chi connectivity index (χ4n) is 3.91. The van der Waals surface area contributed by atoms with Gasteiger partial charge in [0.05, 0.1) is 11.4 Å². The molecule has 0 unspecified atom stereocenters. The molecule has 5 nitrogen and oxygen atoms in total. The molecule has 1 saturated heterocycles. The highest BCUT2D eigenvalue weighted by Gasteiger charge is 2.24. The van der Waals surface area contributed by atoms with Crippen molar-refractivity contribution in [3.8, 4) is 0 Å². The summed E-state index contributed by atoms with van der Waals surface area (Å²) in [6.45, 7) is 2.76. The van der Waals surface area contributed by atoms with E-state index in [4.69, 9.17) is 34.8 Å². The van der Waals surface area contributed by atoms with E-state index in [1.165, 1.54) is 12.3 Å². The van der Waals surface area contributed by atoms with Crippen molar-refractivity contribution >= 4 is 52.5 Å². The number of carbonyl (C=O) groups is 1.